The molecular weight excluding hydrogens is 306 g/mol. The highest BCUT2D eigenvalue weighted by molar-refractivity contribution is 7.88. The third kappa shape index (κ3) is 5.20. The average Bonchev–Trinajstić information content (AvgIpc) is 2.84. The summed E-state index contributed by atoms with van der Waals surface area (Å²) < 4.78 is 26.6. The van der Waals surface area contributed by atoms with Gasteiger partial charge in [-0.1, -0.05) is 24.3 Å². The van der Waals surface area contributed by atoms with Crippen molar-refractivity contribution in [2.45, 2.75) is 25.6 Å². The molecule has 0 saturated carbocycles. The number of rotatable bonds is 7. The number of sulfonamides is 1. The molecule has 5 nitrogen and oxygen atoms in total. The fourth-order valence-corrected chi connectivity index (χ4v) is 3.80. The molecule has 21 heavy (non-hydrogen) atoms. The molecule has 0 aliphatic heterocycles. The van der Waals surface area contributed by atoms with E-state index in [-0.39, 0.29) is 5.75 Å². The van der Waals surface area contributed by atoms with Crippen molar-refractivity contribution in [3.05, 3.63) is 51.5 Å². The van der Waals surface area contributed by atoms with Crippen molar-refractivity contribution in [1.29, 1.82) is 0 Å². The fourth-order valence-electron chi connectivity index (χ4n) is 1.87. The molecule has 0 amide bonds. The summed E-state index contributed by atoms with van der Waals surface area (Å²) in [5.74, 6) is -0.0191. The van der Waals surface area contributed by atoms with E-state index in [2.05, 4.69) is 9.71 Å². The predicted octanol–water partition coefficient (Wildman–Crippen LogP) is 1.57. The van der Waals surface area contributed by atoms with Crippen molar-refractivity contribution in [3.8, 4) is 0 Å². The number of nitrogens with one attached hydrogen (secondary N) is 1. The molecule has 0 bridgehead atoms. The van der Waals surface area contributed by atoms with Crippen LogP contribution in [0.4, 0.5) is 0 Å². The molecule has 2 aromatic rings. The van der Waals surface area contributed by atoms with E-state index in [0.717, 1.165) is 21.8 Å². The molecule has 0 aliphatic carbocycles. The highest BCUT2D eigenvalue weighted by Gasteiger charge is 2.11. The van der Waals surface area contributed by atoms with Gasteiger partial charge in [0.25, 0.3) is 0 Å². The smallest absolute Gasteiger partial charge is 0.215 e. The van der Waals surface area contributed by atoms with Crippen LogP contribution in [-0.4, -0.2) is 19.9 Å². The van der Waals surface area contributed by atoms with E-state index in [1.807, 2.05) is 24.4 Å². The van der Waals surface area contributed by atoms with Gasteiger partial charge in [-0.2, -0.15) is 0 Å². The maximum atomic E-state index is 12.0. The number of thiazole rings is 1. The molecule has 0 atom stereocenters. The second-order valence-electron chi connectivity index (χ2n) is 4.81. The van der Waals surface area contributed by atoms with E-state index >= 15 is 0 Å². The first-order valence-electron chi connectivity index (χ1n) is 6.65. The number of nitrogens with two attached hydrogens (primary N) is 1. The minimum atomic E-state index is -3.32. The minimum absolute atomic E-state index is 0.0191. The second-order valence-corrected chi connectivity index (χ2v) is 7.56. The SMILES string of the molecule is Cc1csc(CCNS(=O)(=O)Cc2ccc(CN)cc2)n1. The maximum absolute atomic E-state index is 12.0. The Bertz CT molecular complexity index is 678. The summed E-state index contributed by atoms with van der Waals surface area (Å²) in [4.78, 5) is 4.31. The first-order valence-corrected chi connectivity index (χ1v) is 9.18. The third-order valence-corrected chi connectivity index (χ3v) is 5.33. The molecule has 7 heteroatoms. The zero-order chi connectivity index (χ0) is 15.3. The zero-order valence-electron chi connectivity index (χ0n) is 11.9. The van der Waals surface area contributed by atoms with Gasteiger partial charge in [-0.05, 0) is 18.1 Å². The molecule has 2 rings (SSSR count). The summed E-state index contributed by atoms with van der Waals surface area (Å²) in [6, 6.07) is 7.30. The van der Waals surface area contributed by atoms with Gasteiger partial charge in [0, 0.05) is 30.6 Å². The molecule has 0 radical (unpaired) electrons. The first kappa shape index (κ1) is 16.1. The molecular formula is C14H19N3O2S2. The monoisotopic (exact) mass is 325 g/mol. The van der Waals surface area contributed by atoms with Crippen LogP contribution in [0.2, 0.25) is 0 Å². The summed E-state index contributed by atoms with van der Waals surface area (Å²) in [5, 5.41) is 2.91. The molecule has 0 unspecified atom stereocenters. The Morgan fingerprint density at radius 2 is 1.90 bits per heavy atom. The maximum Gasteiger partial charge on any atom is 0.215 e. The Hall–Kier alpha value is -1.28. The lowest BCUT2D eigenvalue weighted by molar-refractivity contribution is 0.580. The Kier molecular flexibility index (Phi) is 5.46. The van der Waals surface area contributed by atoms with Crippen LogP contribution in [0.1, 0.15) is 21.8 Å². The number of aromatic nitrogens is 1. The molecule has 114 valence electrons. The zero-order valence-corrected chi connectivity index (χ0v) is 13.5. The van der Waals surface area contributed by atoms with Gasteiger partial charge >= 0.3 is 0 Å². The Morgan fingerprint density at radius 1 is 1.24 bits per heavy atom. The first-order chi connectivity index (χ1) is 9.98. The topological polar surface area (TPSA) is 85.1 Å². The van der Waals surface area contributed by atoms with Gasteiger partial charge in [-0.15, -0.1) is 11.3 Å². The summed E-state index contributed by atoms with van der Waals surface area (Å²) in [6.45, 7) is 2.75. The molecule has 0 saturated heterocycles. The van der Waals surface area contributed by atoms with Crippen molar-refractivity contribution < 1.29 is 8.42 Å². The quantitative estimate of drug-likeness (QED) is 0.809. The average molecular weight is 325 g/mol. The molecule has 3 N–H and O–H groups in total. The van der Waals surface area contributed by atoms with E-state index in [9.17, 15) is 8.42 Å². The van der Waals surface area contributed by atoms with Crippen molar-refractivity contribution in [1.82, 2.24) is 9.71 Å². The van der Waals surface area contributed by atoms with Crippen molar-refractivity contribution in [2.24, 2.45) is 5.73 Å². The van der Waals surface area contributed by atoms with Crippen LogP contribution >= 0.6 is 11.3 Å². The highest BCUT2D eigenvalue weighted by atomic mass is 32.2. The van der Waals surface area contributed by atoms with E-state index in [1.165, 1.54) is 0 Å². The Morgan fingerprint density at radius 3 is 2.48 bits per heavy atom. The Labute approximate surface area is 129 Å². The number of nitrogens with zero attached hydrogens (tertiary/aromatic N) is 1. The number of hydrogen-bond acceptors (Lipinski definition) is 5. The van der Waals surface area contributed by atoms with Crippen molar-refractivity contribution >= 4 is 21.4 Å². The lowest BCUT2D eigenvalue weighted by Crippen LogP contribution is -2.27. The summed E-state index contributed by atoms with van der Waals surface area (Å²) >= 11 is 1.55. The van der Waals surface area contributed by atoms with Gasteiger partial charge in [0.1, 0.15) is 0 Å². The molecule has 0 spiro atoms. The largest absolute Gasteiger partial charge is 0.326 e. The summed E-state index contributed by atoms with van der Waals surface area (Å²) in [5.41, 5.74) is 8.23. The molecule has 1 heterocycles. The van der Waals surface area contributed by atoms with Gasteiger partial charge in [-0.25, -0.2) is 18.1 Å². The van der Waals surface area contributed by atoms with Crippen molar-refractivity contribution in [3.63, 3.8) is 0 Å². The lowest BCUT2D eigenvalue weighted by Gasteiger charge is -2.06. The van der Waals surface area contributed by atoms with E-state index in [4.69, 9.17) is 5.73 Å². The van der Waals surface area contributed by atoms with Crippen molar-refractivity contribution in [2.75, 3.05) is 6.54 Å². The standard InChI is InChI=1S/C14H19N3O2S2/c1-11-9-20-14(17-11)6-7-16-21(18,19)10-13-4-2-12(8-15)3-5-13/h2-5,9,16H,6-8,10,15H2,1H3. The predicted molar refractivity (Wildman–Crippen MR) is 85.5 cm³/mol. The van der Waals surface area contributed by atoms with Gasteiger partial charge in [0.2, 0.25) is 10.0 Å². The van der Waals surface area contributed by atoms with E-state index in [1.54, 1.807) is 23.5 Å². The van der Waals surface area contributed by atoms with Gasteiger partial charge in [0.15, 0.2) is 0 Å². The molecule has 1 aromatic heterocycles. The van der Waals surface area contributed by atoms with Crippen LogP contribution in [-0.2, 0) is 28.7 Å². The molecule has 1 aromatic carbocycles. The van der Waals surface area contributed by atoms with E-state index < -0.39 is 10.0 Å². The number of hydrogen-bond donors (Lipinski definition) is 2. The number of benzene rings is 1. The highest BCUT2D eigenvalue weighted by Crippen LogP contribution is 2.10. The fraction of sp³-hybridized carbons (Fsp3) is 0.357. The van der Waals surface area contributed by atoms with Crippen LogP contribution in [0.25, 0.3) is 0 Å². The number of aryl methyl sites for hydroxylation is 1. The summed E-state index contributed by atoms with van der Waals surface area (Å²) in [7, 11) is -3.32. The van der Waals surface area contributed by atoms with Crippen LogP contribution in [0.15, 0.2) is 29.6 Å². The van der Waals surface area contributed by atoms with Gasteiger partial charge in [0.05, 0.1) is 10.8 Å². The van der Waals surface area contributed by atoms with Gasteiger partial charge in [-0.3, -0.25) is 0 Å². The van der Waals surface area contributed by atoms with Crippen LogP contribution < -0.4 is 10.5 Å². The Balaban J connectivity index is 1.86. The molecule has 0 aliphatic rings. The van der Waals surface area contributed by atoms with E-state index in [0.29, 0.717) is 19.5 Å². The lowest BCUT2D eigenvalue weighted by atomic mass is 10.1. The van der Waals surface area contributed by atoms with Crippen LogP contribution in [0.3, 0.4) is 0 Å². The van der Waals surface area contributed by atoms with Crippen LogP contribution in [0, 0.1) is 6.92 Å². The normalized spacial score (nSPS) is 11.7. The molecule has 0 fully saturated rings. The second kappa shape index (κ2) is 7.13. The van der Waals surface area contributed by atoms with Crippen LogP contribution in [0.5, 0.6) is 0 Å². The third-order valence-electron chi connectivity index (χ3n) is 2.94. The van der Waals surface area contributed by atoms with Gasteiger partial charge < -0.3 is 5.73 Å². The minimum Gasteiger partial charge on any atom is -0.326 e. The summed E-state index contributed by atoms with van der Waals surface area (Å²) in [6.07, 6.45) is 0.615.